The number of nitrogens with zero attached hydrogens (tertiary/aromatic N) is 2. The molecule has 2 aromatic heterocycles. The molecule has 1 saturated heterocycles. The Kier molecular flexibility index (Phi) is 6.82. The minimum Gasteiger partial charge on any atom is -0.489 e. The summed E-state index contributed by atoms with van der Waals surface area (Å²) in [6.45, 7) is 6.45. The number of hydrogen-bond donors (Lipinski definition) is 1. The largest absolute Gasteiger partial charge is 0.489 e. The van der Waals surface area contributed by atoms with E-state index in [-0.39, 0.29) is 12.0 Å². The van der Waals surface area contributed by atoms with Crippen LogP contribution < -0.4 is 4.74 Å². The number of ether oxygens (including phenoxy) is 2. The standard InChI is InChI=1S/C29H31N3O3/c1-20-21(2)31-28-26(20)8-3-9-27(28)29(33)32(18-25-7-5-15-34-25)17-22-10-12-24(13-11-22)35-19-23-6-4-14-30-16-23/h3-4,6,8-14,16,25,31H,5,7,15,17-19H2,1-2H3/t25-/m0/s1. The number of carbonyl (C=O) groups is 1. The minimum absolute atomic E-state index is 0.0178. The lowest BCUT2D eigenvalue weighted by molar-refractivity contribution is 0.0508. The molecule has 6 heteroatoms. The quantitative estimate of drug-likeness (QED) is 0.366. The Hall–Kier alpha value is -3.64. The minimum atomic E-state index is 0.0178. The Bertz CT molecular complexity index is 1290. The highest BCUT2D eigenvalue weighted by Gasteiger charge is 2.25. The van der Waals surface area contributed by atoms with Gasteiger partial charge < -0.3 is 19.4 Å². The molecule has 1 amide bonds. The molecule has 1 atom stereocenters. The molecule has 2 aromatic carbocycles. The molecule has 6 nitrogen and oxygen atoms in total. The van der Waals surface area contributed by atoms with Gasteiger partial charge >= 0.3 is 0 Å². The van der Waals surface area contributed by atoms with Gasteiger partial charge in [-0.2, -0.15) is 0 Å². The normalized spacial score (nSPS) is 15.4. The number of aromatic nitrogens is 2. The van der Waals surface area contributed by atoms with E-state index in [1.165, 1.54) is 5.56 Å². The Balaban J connectivity index is 1.34. The van der Waals surface area contributed by atoms with Gasteiger partial charge in [0, 0.05) is 48.7 Å². The molecule has 3 heterocycles. The van der Waals surface area contributed by atoms with Crippen molar-refractivity contribution in [3.63, 3.8) is 0 Å². The number of aromatic amines is 1. The first kappa shape index (κ1) is 23.1. The van der Waals surface area contributed by atoms with Crippen LogP contribution in [0.2, 0.25) is 0 Å². The van der Waals surface area contributed by atoms with Gasteiger partial charge in [0.15, 0.2) is 0 Å². The highest BCUT2D eigenvalue weighted by Crippen LogP contribution is 2.26. The Morgan fingerprint density at radius 3 is 2.71 bits per heavy atom. The second kappa shape index (κ2) is 10.3. The molecule has 0 aliphatic carbocycles. The average Bonchev–Trinajstić information content (AvgIpc) is 3.51. The van der Waals surface area contributed by atoms with Crippen molar-refractivity contribution in [2.24, 2.45) is 0 Å². The number of aryl methyl sites for hydroxylation is 2. The number of H-pyrrole nitrogens is 1. The summed E-state index contributed by atoms with van der Waals surface area (Å²) in [5.41, 5.74) is 5.96. The number of fused-ring (bicyclic) bond motifs is 1. The van der Waals surface area contributed by atoms with E-state index in [1.54, 1.807) is 12.4 Å². The summed E-state index contributed by atoms with van der Waals surface area (Å²) in [6.07, 6.45) is 5.65. The van der Waals surface area contributed by atoms with Crippen LogP contribution >= 0.6 is 0 Å². The Morgan fingerprint density at radius 1 is 1.11 bits per heavy atom. The molecule has 5 rings (SSSR count). The van der Waals surface area contributed by atoms with Crippen molar-refractivity contribution in [2.75, 3.05) is 13.2 Å². The van der Waals surface area contributed by atoms with Gasteiger partial charge in [-0.3, -0.25) is 9.78 Å². The fourth-order valence-corrected chi connectivity index (χ4v) is 4.65. The van der Waals surface area contributed by atoms with Crippen LogP contribution in [0.25, 0.3) is 10.9 Å². The van der Waals surface area contributed by atoms with Crippen molar-refractivity contribution < 1.29 is 14.3 Å². The molecular formula is C29H31N3O3. The number of pyridine rings is 1. The number of para-hydroxylation sites is 1. The average molecular weight is 470 g/mol. The van der Waals surface area contributed by atoms with Gasteiger partial charge in [0.2, 0.25) is 0 Å². The number of carbonyl (C=O) groups excluding carboxylic acids is 1. The molecule has 0 radical (unpaired) electrons. The molecule has 1 aliphatic heterocycles. The molecule has 0 spiro atoms. The van der Waals surface area contributed by atoms with Gasteiger partial charge in [-0.05, 0) is 62.1 Å². The van der Waals surface area contributed by atoms with E-state index in [9.17, 15) is 4.79 Å². The van der Waals surface area contributed by atoms with Crippen molar-refractivity contribution in [1.29, 1.82) is 0 Å². The molecule has 1 fully saturated rings. The lowest BCUT2D eigenvalue weighted by Gasteiger charge is -2.26. The predicted molar refractivity (Wildman–Crippen MR) is 136 cm³/mol. The molecule has 35 heavy (non-hydrogen) atoms. The van der Waals surface area contributed by atoms with Gasteiger partial charge in [-0.15, -0.1) is 0 Å². The number of hydrogen-bond acceptors (Lipinski definition) is 4. The van der Waals surface area contributed by atoms with E-state index in [0.717, 1.165) is 52.9 Å². The van der Waals surface area contributed by atoms with Crippen LogP contribution in [0.5, 0.6) is 5.75 Å². The van der Waals surface area contributed by atoms with Crippen molar-refractivity contribution in [3.05, 3.63) is 94.9 Å². The van der Waals surface area contributed by atoms with Crippen LogP contribution in [0, 0.1) is 13.8 Å². The zero-order valence-electron chi connectivity index (χ0n) is 20.3. The zero-order chi connectivity index (χ0) is 24.2. The predicted octanol–water partition coefficient (Wildman–Crippen LogP) is 5.58. The molecule has 1 aliphatic rings. The van der Waals surface area contributed by atoms with Gasteiger partial charge in [0.25, 0.3) is 5.91 Å². The lowest BCUT2D eigenvalue weighted by atomic mass is 10.1. The summed E-state index contributed by atoms with van der Waals surface area (Å²) in [5, 5.41) is 1.10. The van der Waals surface area contributed by atoms with E-state index in [0.29, 0.717) is 25.3 Å². The first-order valence-electron chi connectivity index (χ1n) is 12.2. The van der Waals surface area contributed by atoms with Crippen LogP contribution in [0.4, 0.5) is 0 Å². The third-order valence-electron chi connectivity index (χ3n) is 6.73. The van der Waals surface area contributed by atoms with Crippen LogP contribution in [0.3, 0.4) is 0 Å². The van der Waals surface area contributed by atoms with Gasteiger partial charge in [0.1, 0.15) is 12.4 Å². The summed E-state index contributed by atoms with van der Waals surface area (Å²) in [5.74, 6) is 0.806. The lowest BCUT2D eigenvalue weighted by Crippen LogP contribution is -2.37. The monoisotopic (exact) mass is 469 g/mol. The fraction of sp³-hybridized carbons (Fsp3) is 0.310. The second-order valence-corrected chi connectivity index (χ2v) is 9.22. The number of amides is 1. The summed E-state index contributed by atoms with van der Waals surface area (Å²) >= 11 is 0. The van der Waals surface area contributed by atoms with Crippen molar-refractivity contribution in [1.82, 2.24) is 14.9 Å². The van der Waals surface area contributed by atoms with Crippen LogP contribution in [-0.2, 0) is 17.9 Å². The maximum Gasteiger partial charge on any atom is 0.256 e. The highest BCUT2D eigenvalue weighted by molar-refractivity contribution is 6.06. The van der Waals surface area contributed by atoms with Crippen LogP contribution in [0.1, 0.15) is 45.6 Å². The molecule has 0 bridgehead atoms. The van der Waals surface area contributed by atoms with E-state index >= 15 is 0 Å². The van der Waals surface area contributed by atoms with Crippen molar-refractivity contribution >= 4 is 16.8 Å². The number of benzene rings is 2. The highest BCUT2D eigenvalue weighted by atomic mass is 16.5. The molecule has 0 unspecified atom stereocenters. The molecular weight excluding hydrogens is 438 g/mol. The zero-order valence-corrected chi connectivity index (χ0v) is 20.3. The molecule has 4 aromatic rings. The summed E-state index contributed by atoms with van der Waals surface area (Å²) < 4.78 is 11.8. The smallest absolute Gasteiger partial charge is 0.256 e. The first-order valence-corrected chi connectivity index (χ1v) is 12.2. The topological polar surface area (TPSA) is 67.5 Å². The van der Waals surface area contributed by atoms with E-state index < -0.39 is 0 Å². The fourth-order valence-electron chi connectivity index (χ4n) is 4.65. The van der Waals surface area contributed by atoms with E-state index in [1.807, 2.05) is 60.4 Å². The van der Waals surface area contributed by atoms with Gasteiger partial charge in [0.05, 0.1) is 17.2 Å². The van der Waals surface area contributed by atoms with E-state index in [2.05, 4.69) is 23.0 Å². The van der Waals surface area contributed by atoms with Gasteiger partial charge in [-0.25, -0.2) is 0 Å². The third-order valence-corrected chi connectivity index (χ3v) is 6.73. The van der Waals surface area contributed by atoms with Gasteiger partial charge in [-0.1, -0.05) is 30.3 Å². The molecule has 0 saturated carbocycles. The number of rotatable bonds is 8. The Labute approximate surface area is 205 Å². The SMILES string of the molecule is Cc1[nH]c2c(C(=O)N(Cc3ccc(OCc4cccnc4)cc3)C[C@@H]3CCCO3)cccc2c1C. The first-order chi connectivity index (χ1) is 17.1. The van der Waals surface area contributed by atoms with Crippen molar-refractivity contribution in [2.45, 2.75) is 45.9 Å². The summed E-state index contributed by atoms with van der Waals surface area (Å²) in [4.78, 5) is 23.3. The maximum absolute atomic E-state index is 13.8. The van der Waals surface area contributed by atoms with Crippen LogP contribution in [-0.4, -0.2) is 40.0 Å². The number of nitrogens with one attached hydrogen (secondary N) is 1. The van der Waals surface area contributed by atoms with E-state index in [4.69, 9.17) is 9.47 Å². The van der Waals surface area contributed by atoms with Crippen LogP contribution in [0.15, 0.2) is 67.0 Å². The molecule has 1 N–H and O–H groups in total. The van der Waals surface area contributed by atoms with Crippen molar-refractivity contribution in [3.8, 4) is 5.75 Å². The second-order valence-electron chi connectivity index (χ2n) is 9.22. The summed E-state index contributed by atoms with van der Waals surface area (Å²) in [7, 11) is 0. The maximum atomic E-state index is 13.8. The Morgan fingerprint density at radius 2 is 1.97 bits per heavy atom. The summed E-state index contributed by atoms with van der Waals surface area (Å²) in [6, 6.07) is 17.8. The molecule has 180 valence electrons. The third kappa shape index (κ3) is 5.23.